The fourth-order valence-electron chi connectivity index (χ4n) is 1.64. The van der Waals surface area contributed by atoms with Crippen LogP contribution in [0.3, 0.4) is 0 Å². The zero-order chi connectivity index (χ0) is 14.6. The molecule has 0 saturated carbocycles. The number of pyridine rings is 1. The minimum atomic E-state index is -3.52. The number of ether oxygens (including phenoxy) is 1. The summed E-state index contributed by atoms with van der Waals surface area (Å²) < 4.78 is 27.5. The van der Waals surface area contributed by atoms with Crippen molar-refractivity contribution < 1.29 is 13.2 Å². The second-order valence-electron chi connectivity index (χ2n) is 4.26. The van der Waals surface area contributed by atoms with Crippen molar-refractivity contribution in [2.45, 2.75) is 12.3 Å². The van der Waals surface area contributed by atoms with Gasteiger partial charge in [0.25, 0.3) is 0 Å². The summed E-state index contributed by atoms with van der Waals surface area (Å²) in [6.07, 6.45) is 1.62. The Bertz CT molecular complexity index is 684. The maximum atomic E-state index is 11.0. The van der Waals surface area contributed by atoms with Crippen LogP contribution in [-0.2, 0) is 22.3 Å². The summed E-state index contributed by atoms with van der Waals surface area (Å²) in [4.78, 5) is 4.07. The number of primary sulfonamides is 1. The van der Waals surface area contributed by atoms with E-state index in [1.165, 1.54) is 0 Å². The van der Waals surface area contributed by atoms with Crippen molar-refractivity contribution in [2.24, 2.45) is 10.9 Å². The van der Waals surface area contributed by atoms with E-state index >= 15 is 0 Å². The van der Waals surface area contributed by atoms with E-state index in [-0.39, 0.29) is 5.75 Å². The van der Waals surface area contributed by atoms with Gasteiger partial charge in [0.2, 0.25) is 15.9 Å². The quantitative estimate of drug-likeness (QED) is 0.858. The molecule has 7 heteroatoms. The molecule has 0 aliphatic rings. The molecule has 106 valence electrons. The number of hydrogen-bond acceptors (Lipinski definition) is 5. The lowest BCUT2D eigenvalue weighted by Crippen LogP contribution is -2.14. The molecular formula is C13H15N3O3S. The predicted octanol–water partition coefficient (Wildman–Crippen LogP) is 1.12. The zero-order valence-corrected chi connectivity index (χ0v) is 11.5. The highest BCUT2D eigenvalue weighted by Crippen LogP contribution is 2.20. The van der Waals surface area contributed by atoms with Crippen molar-refractivity contribution in [3.63, 3.8) is 0 Å². The van der Waals surface area contributed by atoms with Crippen LogP contribution >= 0.6 is 0 Å². The van der Waals surface area contributed by atoms with Crippen LogP contribution in [0.1, 0.15) is 11.1 Å². The molecule has 0 aliphatic carbocycles. The number of sulfonamides is 1. The summed E-state index contributed by atoms with van der Waals surface area (Å²) in [5.74, 6) is 0.797. The van der Waals surface area contributed by atoms with E-state index in [0.717, 1.165) is 5.56 Å². The molecule has 0 aliphatic heterocycles. The number of hydrogen-bond donors (Lipinski definition) is 2. The smallest absolute Gasteiger partial charge is 0.219 e. The standard InChI is InChI=1S/C13H15N3O3S/c14-8-11-5-6-16-13(7-11)19-12-3-1-10(2-4-12)9-20(15,17)18/h1-7H,8-9,14H2,(H2,15,17,18). The zero-order valence-electron chi connectivity index (χ0n) is 10.7. The van der Waals surface area contributed by atoms with Gasteiger partial charge < -0.3 is 10.5 Å². The molecule has 0 fully saturated rings. The van der Waals surface area contributed by atoms with Crippen LogP contribution in [0.5, 0.6) is 11.6 Å². The Morgan fingerprint density at radius 1 is 1.10 bits per heavy atom. The first-order valence-electron chi connectivity index (χ1n) is 5.88. The molecule has 0 radical (unpaired) electrons. The molecule has 20 heavy (non-hydrogen) atoms. The van der Waals surface area contributed by atoms with Gasteiger partial charge in [0.05, 0.1) is 5.75 Å². The fraction of sp³-hybridized carbons (Fsp3) is 0.154. The van der Waals surface area contributed by atoms with Crippen LogP contribution in [0.2, 0.25) is 0 Å². The number of nitrogens with zero attached hydrogens (tertiary/aromatic N) is 1. The molecule has 0 amide bonds. The molecule has 0 spiro atoms. The van der Waals surface area contributed by atoms with Gasteiger partial charge >= 0.3 is 0 Å². The third kappa shape index (κ3) is 4.30. The highest BCUT2D eigenvalue weighted by Gasteiger charge is 2.05. The average molecular weight is 293 g/mol. The number of aromatic nitrogens is 1. The van der Waals surface area contributed by atoms with Gasteiger partial charge in [0.15, 0.2) is 0 Å². The number of nitrogens with two attached hydrogens (primary N) is 2. The van der Waals surface area contributed by atoms with E-state index in [0.29, 0.717) is 23.7 Å². The van der Waals surface area contributed by atoms with Gasteiger partial charge in [0, 0.05) is 18.8 Å². The molecule has 4 N–H and O–H groups in total. The maximum absolute atomic E-state index is 11.0. The first kappa shape index (κ1) is 14.4. The molecule has 0 unspecified atom stereocenters. The van der Waals surface area contributed by atoms with E-state index in [9.17, 15) is 8.42 Å². The Morgan fingerprint density at radius 2 is 1.80 bits per heavy atom. The fourth-order valence-corrected chi connectivity index (χ4v) is 2.30. The van der Waals surface area contributed by atoms with Crippen LogP contribution in [0.4, 0.5) is 0 Å². The van der Waals surface area contributed by atoms with Gasteiger partial charge in [0.1, 0.15) is 5.75 Å². The van der Waals surface area contributed by atoms with Crippen molar-refractivity contribution in [1.29, 1.82) is 0 Å². The van der Waals surface area contributed by atoms with Crippen LogP contribution in [0.15, 0.2) is 42.6 Å². The van der Waals surface area contributed by atoms with Gasteiger partial charge in [-0.1, -0.05) is 12.1 Å². The summed E-state index contributed by atoms with van der Waals surface area (Å²) in [7, 11) is -3.52. The Kier molecular flexibility index (Phi) is 4.33. The topological polar surface area (TPSA) is 108 Å². The highest BCUT2D eigenvalue weighted by atomic mass is 32.2. The Labute approximate surface area is 117 Å². The number of rotatable bonds is 5. The Hall–Kier alpha value is -1.96. The van der Waals surface area contributed by atoms with Crippen molar-refractivity contribution in [3.05, 3.63) is 53.7 Å². The molecule has 2 aromatic rings. The molecule has 0 bridgehead atoms. The second-order valence-corrected chi connectivity index (χ2v) is 5.87. The van der Waals surface area contributed by atoms with Crippen molar-refractivity contribution in [1.82, 2.24) is 4.98 Å². The van der Waals surface area contributed by atoms with Crippen LogP contribution in [-0.4, -0.2) is 13.4 Å². The lowest BCUT2D eigenvalue weighted by molar-refractivity contribution is 0.462. The van der Waals surface area contributed by atoms with Gasteiger partial charge in [-0.3, -0.25) is 0 Å². The predicted molar refractivity (Wildman–Crippen MR) is 75.5 cm³/mol. The van der Waals surface area contributed by atoms with Gasteiger partial charge in [-0.25, -0.2) is 18.5 Å². The van der Waals surface area contributed by atoms with E-state index in [4.69, 9.17) is 15.6 Å². The van der Waals surface area contributed by atoms with E-state index in [1.54, 1.807) is 36.5 Å². The van der Waals surface area contributed by atoms with Crippen LogP contribution < -0.4 is 15.6 Å². The van der Waals surface area contributed by atoms with Crippen molar-refractivity contribution in [2.75, 3.05) is 0 Å². The second kappa shape index (κ2) is 6.00. The molecule has 0 saturated heterocycles. The van der Waals surface area contributed by atoms with Gasteiger partial charge in [-0.05, 0) is 29.3 Å². The Morgan fingerprint density at radius 3 is 2.40 bits per heavy atom. The monoisotopic (exact) mass is 293 g/mol. The van der Waals surface area contributed by atoms with Crippen molar-refractivity contribution >= 4 is 10.0 Å². The lowest BCUT2D eigenvalue weighted by atomic mass is 10.2. The largest absolute Gasteiger partial charge is 0.439 e. The third-order valence-electron chi connectivity index (χ3n) is 2.55. The summed E-state index contributed by atoms with van der Waals surface area (Å²) in [6, 6.07) is 10.2. The SMILES string of the molecule is NCc1ccnc(Oc2ccc(CS(N)(=O)=O)cc2)c1. The normalized spacial score (nSPS) is 11.3. The maximum Gasteiger partial charge on any atom is 0.219 e. The number of benzene rings is 1. The minimum Gasteiger partial charge on any atom is -0.439 e. The summed E-state index contributed by atoms with van der Waals surface area (Å²) in [5, 5.41) is 4.98. The van der Waals surface area contributed by atoms with Gasteiger partial charge in [-0.2, -0.15) is 0 Å². The first-order valence-corrected chi connectivity index (χ1v) is 7.60. The lowest BCUT2D eigenvalue weighted by Gasteiger charge is -2.06. The highest BCUT2D eigenvalue weighted by molar-refractivity contribution is 7.88. The summed E-state index contributed by atoms with van der Waals surface area (Å²) >= 11 is 0. The molecule has 6 nitrogen and oxygen atoms in total. The van der Waals surface area contributed by atoms with Crippen LogP contribution in [0, 0.1) is 0 Å². The van der Waals surface area contributed by atoms with Gasteiger partial charge in [-0.15, -0.1) is 0 Å². The molecule has 1 heterocycles. The van der Waals surface area contributed by atoms with E-state index in [2.05, 4.69) is 4.98 Å². The third-order valence-corrected chi connectivity index (χ3v) is 3.28. The molecule has 0 atom stereocenters. The van der Waals surface area contributed by atoms with Crippen molar-refractivity contribution in [3.8, 4) is 11.6 Å². The summed E-state index contributed by atoms with van der Waals surface area (Å²) in [6.45, 7) is 0.409. The summed E-state index contributed by atoms with van der Waals surface area (Å²) in [5.41, 5.74) is 7.06. The molecular weight excluding hydrogens is 278 g/mol. The molecule has 1 aromatic heterocycles. The first-order chi connectivity index (χ1) is 9.46. The molecule has 1 aromatic carbocycles. The average Bonchev–Trinajstić information content (AvgIpc) is 2.40. The molecule has 2 rings (SSSR count). The minimum absolute atomic E-state index is 0.200. The van der Waals surface area contributed by atoms with E-state index < -0.39 is 10.0 Å². The van der Waals surface area contributed by atoms with E-state index in [1.807, 2.05) is 6.07 Å². The Balaban J connectivity index is 2.10. The van der Waals surface area contributed by atoms with Crippen LogP contribution in [0.25, 0.3) is 0 Å².